The van der Waals surface area contributed by atoms with Crippen LogP contribution >= 0.6 is 11.6 Å². The number of nitrogens with zero attached hydrogens (tertiary/aromatic N) is 2. The number of morpholine rings is 1. The Balaban J connectivity index is 0.000000238. The lowest BCUT2D eigenvalue weighted by molar-refractivity contribution is -0.150. The topological polar surface area (TPSA) is 90.0 Å². The molecule has 1 N–H and O–H groups in total. The van der Waals surface area contributed by atoms with Crippen LogP contribution in [0.3, 0.4) is 0 Å². The maximum Gasteiger partial charge on any atom is 0.410 e. The predicted molar refractivity (Wildman–Crippen MR) is 173 cm³/mol. The second-order valence-electron chi connectivity index (χ2n) is 12.6. The van der Waals surface area contributed by atoms with E-state index < -0.39 is 34.9 Å². The molecule has 2 aliphatic rings. The lowest BCUT2D eigenvalue weighted by Gasteiger charge is -2.44. The normalized spacial score (nSPS) is 16.6. The maximum atomic E-state index is 13.9. The van der Waals surface area contributed by atoms with Crippen LogP contribution in [0.5, 0.6) is 0 Å². The molecule has 5 rings (SSSR count). The molecule has 2 aliphatic heterocycles. The van der Waals surface area contributed by atoms with Crippen molar-refractivity contribution in [2.45, 2.75) is 70.5 Å². The number of carbonyl (C=O) groups is 2. The Morgan fingerprint density at radius 1 is 1.02 bits per heavy atom. The third kappa shape index (κ3) is 10.4. The summed E-state index contributed by atoms with van der Waals surface area (Å²) in [5.41, 5.74) is 0.938. The van der Waals surface area contributed by atoms with Gasteiger partial charge in [0.15, 0.2) is 0 Å². The van der Waals surface area contributed by atoms with Crippen LogP contribution < -0.4 is 5.32 Å². The van der Waals surface area contributed by atoms with Gasteiger partial charge in [-0.05, 0) is 62.6 Å². The van der Waals surface area contributed by atoms with Gasteiger partial charge < -0.3 is 24.4 Å². The van der Waals surface area contributed by atoms with E-state index in [1.165, 1.54) is 18.3 Å². The molecule has 0 saturated carbocycles. The summed E-state index contributed by atoms with van der Waals surface area (Å²) in [6.07, 6.45) is 4.19. The number of amides is 2. The van der Waals surface area contributed by atoms with Crippen LogP contribution in [-0.4, -0.2) is 66.0 Å². The van der Waals surface area contributed by atoms with E-state index in [-0.39, 0.29) is 23.8 Å². The Hall–Kier alpha value is -3.67. The van der Waals surface area contributed by atoms with Crippen molar-refractivity contribution in [3.8, 4) is 0 Å². The summed E-state index contributed by atoms with van der Waals surface area (Å²) in [5, 5.41) is 3.16. The molecule has 0 aliphatic carbocycles. The summed E-state index contributed by atoms with van der Waals surface area (Å²) >= 11 is 5.93. The van der Waals surface area contributed by atoms with E-state index in [1.54, 1.807) is 36.1 Å². The first-order valence-corrected chi connectivity index (χ1v) is 16.0. The maximum absolute atomic E-state index is 13.9. The first-order chi connectivity index (χ1) is 22.3. The Morgan fingerprint density at radius 3 is 2.30 bits per heavy atom. The van der Waals surface area contributed by atoms with Gasteiger partial charge in [-0.2, -0.15) is 0 Å². The van der Waals surface area contributed by atoms with Crippen molar-refractivity contribution in [1.29, 1.82) is 0 Å². The van der Waals surface area contributed by atoms with Crippen molar-refractivity contribution in [2.75, 3.05) is 38.2 Å². The number of nitrogens with one attached hydrogen (secondary N) is 1. The van der Waals surface area contributed by atoms with Gasteiger partial charge in [0.25, 0.3) is 0 Å². The van der Waals surface area contributed by atoms with E-state index in [0.717, 1.165) is 25.1 Å². The zero-order valence-corrected chi connectivity index (χ0v) is 27.8. The van der Waals surface area contributed by atoms with Crippen molar-refractivity contribution in [3.05, 3.63) is 94.0 Å². The highest BCUT2D eigenvalue weighted by atomic mass is 35.5. The highest BCUT2D eigenvalue weighted by Gasteiger charge is 2.40. The minimum atomic E-state index is -0.734. The SMILES string of the molecule is CC(C)(C)OC(=O)N1CCOC2(CCOCC2)C1.CCc1c(F)cncc1NC(=O)C[C@@H](c1ccc(Cl)cc1)c1cc(F)cc(F)c1. The number of hydrogen-bond donors (Lipinski definition) is 1. The van der Waals surface area contributed by atoms with E-state index in [0.29, 0.717) is 61.0 Å². The van der Waals surface area contributed by atoms with Gasteiger partial charge >= 0.3 is 6.09 Å². The number of carbonyl (C=O) groups excluding carboxylic acids is 2. The van der Waals surface area contributed by atoms with Gasteiger partial charge in [0.05, 0.1) is 36.8 Å². The molecule has 12 heteroatoms. The quantitative estimate of drug-likeness (QED) is 0.288. The average molecular weight is 676 g/mol. The minimum Gasteiger partial charge on any atom is -0.444 e. The second kappa shape index (κ2) is 16.0. The van der Waals surface area contributed by atoms with E-state index in [4.69, 9.17) is 25.8 Å². The first-order valence-electron chi connectivity index (χ1n) is 15.6. The number of halogens is 4. The zero-order valence-electron chi connectivity index (χ0n) is 27.1. The van der Waals surface area contributed by atoms with Crippen LogP contribution in [0.4, 0.5) is 23.7 Å². The van der Waals surface area contributed by atoms with Crippen molar-refractivity contribution in [3.63, 3.8) is 0 Å². The van der Waals surface area contributed by atoms with Gasteiger partial charge in [-0.1, -0.05) is 30.7 Å². The standard InChI is InChI=1S/C22H18ClF3N2O.C13H23NO4/c1-2-18-20(26)11-27-12-21(18)28-22(29)10-19(13-3-5-15(23)6-4-13)14-7-16(24)9-17(25)8-14;1-12(2,3)18-11(15)14-6-9-17-13(10-14)4-7-16-8-5-13/h3-9,11-12,19H,2,10H2,1H3,(H,28,29);4-10H2,1-3H3/t19-;/m0./s1. The molecule has 3 aromatic rings. The van der Waals surface area contributed by atoms with Crippen molar-refractivity contribution in [2.24, 2.45) is 0 Å². The first kappa shape index (κ1) is 36.2. The zero-order chi connectivity index (χ0) is 34.2. The number of rotatable bonds is 6. The number of pyridine rings is 1. The van der Waals surface area contributed by atoms with Crippen molar-refractivity contribution >= 4 is 29.3 Å². The van der Waals surface area contributed by atoms with Gasteiger partial charge in [0.1, 0.15) is 23.1 Å². The van der Waals surface area contributed by atoms with Crippen LogP contribution in [0.2, 0.25) is 5.02 Å². The number of aromatic nitrogens is 1. The molecular weight excluding hydrogens is 635 g/mol. The minimum absolute atomic E-state index is 0.107. The number of anilines is 1. The van der Waals surface area contributed by atoms with Gasteiger partial charge in [0, 0.05) is 61.6 Å². The van der Waals surface area contributed by atoms with E-state index in [1.807, 2.05) is 20.8 Å². The molecule has 2 aromatic carbocycles. The highest BCUT2D eigenvalue weighted by molar-refractivity contribution is 6.30. The fourth-order valence-corrected chi connectivity index (χ4v) is 5.71. The molecule has 2 saturated heterocycles. The molecule has 254 valence electrons. The smallest absolute Gasteiger partial charge is 0.410 e. The summed E-state index contributed by atoms with van der Waals surface area (Å²) in [4.78, 5) is 30.3. The molecule has 2 amide bonds. The van der Waals surface area contributed by atoms with Crippen LogP contribution in [0.1, 0.15) is 69.6 Å². The number of benzene rings is 2. The number of hydrogen-bond acceptors (Lipinski definition) is 6. The van der Waals surface area contributed by atoms with Gasteiger partial charge in [0.2, 0.25) is 5.91 Å². The van der Waals surface area contributed by atoms with E-state index >= 15 is 0 Å². The fourth-order valence-electron chi connectivity index (χ4n) is 5.59. The van der Waals surface area contributed by atoms with Crippen LogP contribution in [0.25, 0.3) is 0 Å². The molecule has 0 bridgehead atoms. The Morgan fingerprint density at radius 2 is 1.68 bits per heavy atom. The van der Waals surface area contributed by atoms with Gasteiger partial charge in [-0.25, -0.2) is 18.0 Å². The van der Waals surface area contributed by atoms with Gasteiger partial charge in [-0.15, -0.1) is 0 Å². The van der Waals surface area contributed by atoms with Gasteiger partial charge in [-0.3, -0.25) is 9.78 Å². The molecule has 0 unspecified atom stereocenters. The summed E-state index contributed by atoms with van der Waals surface area (Å²) in [7, 11) is 0. The molecule has 3 heterocycles. The van der Waals surface area contributed by atoms with Crippen molar-refractivity contribution < 1.29 is 37.0 Å². The molecule has 1 aromatic heterocycles. The van der Waals surface area contributed by atoms with Crippen LogP contribution in [0.15, 0.2) is 54.9 Å². The lowest BCUT2D eigenvalue weighted by atomic mass is 9.88. The van der Waals surface area contributed by atoms with E-state index in [2.05, 4.69) is 10.3 Å². The summed E-state index contributed by atoms with van der Waals surface area (Å²) in [6, 6.07) is 9.84. The fraction of sp³-hybridized carbons (Fsp3) is 0.457. The molecule has 1 spiro atoms. The average Bonchev–Trinajstić information content (AvgIpc) is 3.00. The van der Waals surface area contributed by atoms with Crippen molar-refractivity contribution in [1.82, 2.24) is 9.88 Å². The molecule has 0 radical (unpaired) electrons. The predicted octanol–water partition coefficient (Wildman–Crippen LogP) is 7.68. The Bertz CT molecular complexity index is 1500. The molecule has 2 fully saturated rings. The van der Waals surface area contributed by atoms with E-state index in [9.17, 15) is 22.8 Å². The summed E-state index contributed by atoms with van der Waals surface area (Å²) in [6.45, 7) is 10.6. The molecule has 47 heavy (non-hydrogen) atoms. The molecular formula is C35H41ClF3N3O5. The lowest BCUT2D eigenvalue weighted by Crippen LogP contribution is -2.56. The Kier molecular flexibility index (Phi) is 12.3. The third-order valence-electron chi connectivity index (χ3n) is 7.89. The summed E-state index contributed by atoms with van der Waals surface area (Å²) in [5.74, 6) is -3.03. The highest BCUT2D eigenvalue weighted by Crippen LogP contribution is 2.32. The van der Waals surface area contributed by atoms with Crippen LogP contribution in [0, 0.1) is 17.5 Å². The largest absolute Gasteiger partial charge is 0.444 e. The number of ether oxygens (including phenoxy) is 3. The summed E-state index contributed by atoms with van der Waals surface area (Å²) < 4.78 is 58.1. The van der Waals surface area contributed by atoms with Crippen LogP contribution in [-0.2, 0) is 25.4 Å². The monoisotopic (exact) mass is 675 g/mol. The Labute approximate surface area is 278 Å². The third-order valence-corrected chi connectivity index (χ3v) is 8.14. The molecule has 8 nitrogen and oxygen atoms in total. The second-order valence-corrected chi connectivity index (χ2v) is 13.0. The molecule has 1 atom stereocenters.